The maximum atomic E-state index is 13.0. The smallest absolute Gasteiger partial charge is 0.237 e. The first-order chi connectivity index (χ1) is 47.2. The molecule has 356 valence electrons. The molecule has 17 aromatic rings. The third-order valence-electron chi connectivity index (χ3n) is 14.7. The highest BCUT2D eigenvalue weighted by atomic mass is 32.1. The van der Waals surface area contributed by atoms with Gasteiger partial charge >= 0.3 is 0 Å². The molecule has 0 atom stereocenters. The summed E-state index contributed by atoms with van der Waals surface area (Å²) in [6, 6.07) is 16.7. The molecule has 0 N–H and O–H groups in total. The van der Waals surface area contributed by atoms with Crippen molar-refractivity contribution in [1.82, 2.24) is 18.3 Å². The Kier molecular flexibility index (Phi) is 5.22. The summed E-state index contributed by atoms with van der Waals surface area (Å²) in [7, 11) is 0. The zero-order valence-corrected chi connectivity index (χ0v) is 40.1. The number of nitrogens with zero attached hydrogens (tertiary/aromatic N) is 6. The minimum absolute atomic E-state index is 0.0257. The molecule has 0 saturated carbocycles. The first kappa shape index (κ1) is 26.2. The van der Waals surface area contributed by atoms with Crippen molar-refractivity contribution in [3.05, 3.63) is 234 Å². The predicted octanol–water partition coefficient (Wildman–Crippen LogP) is 19.1. The van der Waals surface area contributed by atoms with Crippen LogP contribution in [0.3, 0.4) is 0 Å². The van der Waals surface area contributed by atoms with Gasteiger partial charge < -0.3 is 22.7 Å². The number of thiophene rings is 1. The van der Waals surface area contributed by atoms with Crippen molar-refractivity contribution in [1.29, 1.82) is 5.26 Å². The van der Waals surface area contributed by atoms with E-state index in [0.717, 1.165) is 15.9 Å². The monoisotopic (exact) mass is 1020 g/mol. The summed E-state index contributed by atoms with van der Waals surface area (Å²) < 4.78 is 220. The molecule has 0 aliphatic rings. The van der Waals surface area contributed by atoms with Gasteiger partial charge in [-0.15, -0.1) is 11.3 Å². The van der Waals surface area contributed by atoms with Gasteiger partial charge in [0.1, 0.15) is 11.7 Å². The largest absolute Gasteiger partial charge is 0.454 e. The van der Waals surface area contributed by atoms with Gasteiger partial charge in [0.15, 0.2) is 5.58 Å². The zero-order chi connectivity index (χ0) is 69.8. The van der Waals surface area contributed by atoms with Crippen molar-refractivity contribution < 1.29 is 34.6 Å². The van der Waals surface area contributed by atoms with Gasteiger partial charge in [0.25, 0.3) is 0 Å². The summed E-state index contributed by atoms with van der Waals surface area (Å²) in [6.07, 6.45) is 0. The molecule has 0 spiro atoms. The van der Waals surface area contributed by atoms with E-state index in [-0.39, 0.29) is 64.4 Å². The van der Waals surface area contributed by atoms with E-state index in [1.807, 2.05) is 24.3 Å². The van der Waals surface area contributed by atoms with E-state index < -0.39 is 183 Å². The molecule has 11 aromatic carbocycles. The Hall–Kier alpha value is -10.4. The molecule has 7 nitrogen and oxygen atoms in total. The van der Waals surface area contributed by atoms with Gasteiger partial charge in [-0.25, -0.2) is 4.85 Å². The lowest BCUT2D eigenvalue weighted by Gasteiger charge is -2.27. The minimum atomic E-state index is -3.31. The molecular formula is C69H38N6OS. The Balaban J connectivity index is 1.28. The van der Waals surface area contributed by atoms with Gasteiger partial charge in [-0.05, 0) is 67.4 Å². The molecule has 0 unspecified atom stereocenters. The van der Waals surface area contributed by atoms with Gasteiger partial charge in [0.2, 0.25) is 5.69 Å². The number of furan rings is 1. The Bertz CT molecular complexity index is 6620. The van der Waals surface area contributed by atoms with E-state index in [4.69, 9.17) is 14.0 Å². The van der Waals surface area contributed by atoms with Crippen molar-refractivity contribution in [2.45, 2.75) is 6.85 Å². The molecule has 6 heterocycles. The third kappa shape index (κ3) is 5.41. The Morgan fingerprint density at radius 1 is 0.481 bits per heavy atom. The van der Waals surface area contributed by atoms with Crippen LogP contribution < -0.4 is 0 Å². The van der Waals surface area contributed by atoms with Gasteiger partial charge in [-0.3, -0.25) is 0 Å². The zero-order valence-electron chi connectivity index (χ0n) is 61.2. The van der Waals surface area contributed by atoms with Crippen LogP contribution in [-0.2, 0) is 0 Å². The Morgan fingerprint density at radius 3 is 1.69 bits per heavy atom. The molecule has 0 aliphatic carbocycles. The lowest BCUT2D eigenvalue weighted by atomic mass is 10.0. The maximum Gasteiger partial charge on any atom is 0.237 e. The molecule has 0 radical (unpaired) electrons. The highest BCUT2D eigenvalue weighted by molar-refractivity contribution is 7.26. The van der Waals surface area contributed by atoms with Crippen molar-refractivity contribution in [2.24, 2.45) is 0 Å². The Morgan fingerprint density at radius 2 is 1.03 bits per heavy atom. The molecule has 0 fully saturated rings. The van der Waals surface area contributed by atoms with Crippen LogP contribution >= 0.6 is 11.3 Å². The molecule has 77 heavy (non-hydrogen) atoms. The predicted molar refractivity (Wildman–Crippen MR) is 320 cm³/mol. The maximum absolute atomic E-state index is 13.0. The van der Waals surface area contributed by atoms with Crippen LogP contribution in [0.25, 0.3) is 157 Å². The second-order valence-corrected chi connectivity index (χ2v) is 19.4. The SMILES string of the molecule is [2H]c1c([2H])c([2H])c2c(oc3c2c([2H])c([2H])c2c4c([2H])c(C([2H])([2H])[2H])c([2H])c([2H])c4n(-c4c(C#N)c(-n5c6ccccc6c6ccccc65)c(-n5c6c([2H])c([2H])c([2H])c([2H])c6c6c([2H])c([2H])c7c(sc8c([2H])c([2H])c([2H])c([2H])c87)c65)c(-n5c6ccccc6c6ccccc65)c4[N+]#[C-])c32)c1[2H]. The summed E-state index contributed by atoms with van der Waals surface area (Å²) in [4.78, 5) is 4.44. The van der Waals surface area contributed by atoms with Gasteiger partial charge in [-0.1, -0.05) is 157 Å². The van der Waals surface area contributed by atoms with Gasteiger partial charge in [0, 0.05) is 73.4 Å². The summed E-state index contributed by atoms with van der Waals surface area (Å²) in [5.41, 5.74) is -4.62. The fourth-order valence-corrected chi connectivity index (χ4v) is 12.9. The lowest BCUT2D eigenvalue weighted by Crippen LogP contribution is -2.14. The normalized spacial score (nSPS) is 16.4. The van der Waals surface area contributed by atoms with E-state index in [2.05, 4.69) is 10.9 Å². The van der Waals surface area contributed by atoms with Crippen LogP contribution in [0.1, 0.15) is 41.3 Å². The van der Waals surface area contributed by atoms with Crippen molar-refractivity contribution in [2.75, 3.05) is 0 Å². The second-order valence-electron chi connectivity index (χ2n) is 18.4. The van der Waals surface area contributed by atoms with Gasteiger partial charge in [0.05, 0.1) is 110 Å². The minimum Gasteiger partial charge on any atom is -0.454 e. The second kappa shape index (κ2) is 15.3. The standard InChI is InChI=1S/C69H38N6OS/c1-39-31-36-58-51(37-39)48-32-34-49-45-22-8-15-29-59(45)76-68(49)64(48)74(58)62-52(38-70)63(72-53-24-10-3-17-40(53)41-18-4-11-25-54(41)72)67(66(61(62)71-2)73-55-26-12-5-19-42(55)43-20-6-13-27-56(43)73)75-57-28-14-7-21-44(57)47-33-35-50-46-23-9-16-30-60(46)77-69(50)65(47)75/h3-37H,1H3/i1D3,7D,8D,9D,14D,15D,16D,21D,22D,23D,28D,29D,30D,31D,32D,33D,34D,35D,36D,37D. The van der Waals surface area contributed by atoms with Crippen LogP contribution in [0.4, 0.5) is 5.69 Å². The molecular weight excluding hydrogens is 961 g/mol. The summed E-state index contributed by atoms with van der Waals surface area (Å²) in [6.45, 7) is 6.71. The molecule has 8 heteroatoms. The third-order valence-corrected chi connectivity index (χ3v) is 15.8. The molecule has 0 aliphatic heterocycles. The number of para-hydroxylation sites is 6. The summed E-state index contributed by atoms with van der Waals surface area (Å²) in [5, 5.41) is 12.5. The summed E-state index contributed by atoms with van der Waals surface area (Å²) >= 11 is 0.794. The highest BCUT2D eigenvalue weighted by Gasteiger charge is 2.35. The number of rotatable bonds is 4. The lowest BCUT2D eigenvalue weighted by molar-refractivity contribution is 0.671. The van der Waals surface area contributed by atoms with E-state index >= 15 is 0 Å². The topological polar surface area (TPSA) is 61.0 Å². The van der Waals surface area contributed by atoms with Crippen LogP contribution in [0.15, 0.2) is 216 Å². The highest BCUT2D eigenvalue weighted by Crippen LogP contribution is 2.54. The van der Waals surface area contributed by atoms with Crippen LogP contribution in [0, 0.1) is 24.8 Å². The van der Waals surface area contributed by atoms with Crippen molar-refractivity contribution in [3.8, 4) is 28.8 Å². The quantitative estimate of drug-likeness (QED) is 0.165. The fraction of sp³-hybridized carbons (Fsp3) is 0.0145. The first-order valence-corrected chi connectivity index (χ1v) is 24.8. The average molecular weight is 1020 g/mol. The number of aromatic nitrogens is 4. The molecule has 0 bridgehead atoms. The van der Waals surface area contributed by atoms with Crippen LogP contribution in [-0.4, -0.2) is 18.3 Å². The Labute approximate surface area is 473 Å². The number of nitriles is 1. The average Bonchev–Trinajstić information content (AvgIpc) is 1.53. The first-order valence-electron chi connectivity index (χ1n) is 35.0. The van der Waals surface area contributed by atoms with E-state index in [9.17, 15) is 32.4 Å². The fourth-order valence-electron chi connectivity index (χ4n) is 11.8. The van der Waals surface area contributed by atoms with E-state index in [1.165, 1.54) is 4.57 Å². The van der Waals surface area contributed by atoms with Crippen molar-refractivity contribution >= 4 is 146 Å². The summed E-state index contributed by atoms with van der Waals surface area (Å²) in [5.74, 6) is 0. The van der Waals surface area contributed by atoms with Crippen LogP contribution in [0.5, 0.6) is 0 Å². The molecule has 0 saturated heterocycles. The van der Waals surface area contributed by atoms with Crippen molar-refractivity contribution in [3.63, 3.8) is 0 Å². The number of benzene rings is 11. The molecule has 17 rings (SSSR count). The van der Waals surface area contributed by atoms with Gasteiger partial charge in [-0.2, -0.15) is 5.26 Å². The number of hydrogen-bond donors (Lipinski definition) is 0. The number of hydrogen-bond acceptors (Lipinski definition) is 3. The van der Waals surface area contributed by atoms with Crippen LogP contribution in [0.2, 0.25) is 0 Å². The van der Waals surface area contributed by atoms with E-state index in [1.54, 1.807) is 81.9 Å². The molecule has 0 amide bonds. The van der Waals surface area contributed by atoms with E-state index in [0.29, 0.717) is 43.6 Å². The number of fused-ring (bicyclic) bond motifs is 20. The molecule has 6 aromatic heterocycles.